The van der Waals surface area contributed by atoms with Crippen LogP contribution in [0.1, 0.15) is 24.4 Å². The molecule has 0 spiro atoms. The van der Waals surface area contributed by atoms with E-state index in [1.807, 2.05) is 47.0 Å². The Hall–Kier alpha value is -4.33. The lowest BCUT2D eigenvalue weighted by Gasteiger charge is -2.32. The van der Waals surface area contributed by atoms with Crippen molar-refractivity contribution in [3.8, 4) is 22.5 Å². The van der Waals surface area contributed by atoms with Crippen molar-refractivity contribution in [3.05, 3.63) is 118 Å². The first-order chi connectivity index (χ1) is 20.0. The summed E-state index contributed by atoms with van der Waals surface area (Å²) in [6.45, 7) is 2.65. The fourth-order valence-electron chi connectivity index (χ4n) is 5.85. The predicted octanol–water partition coefficient (Wildman–Crippen LogP) is 7.24. The van der Waals surface area contributed by atoms with Crippen LogP contribution in [0.15, 0.2) is 95.8 Å². The molecule has 2 aromatic heterocycles. The molecular formula is C33H27ClFN5O. The number of piperidine rings is 1. The van der Waals surface area contributed by atoms with Crippen LogP contribution in [0.5, 0.6) is 0 Å². The van der Waals surface area contributed by atoms with E-state index in [1.165, 1.54) is 17.7 Å². The zero-order chi connectivity index (χ0) is 27.9. The Balaban J connectivity index is 1.10. The lowest BCUT2D eigenvalue weighted by atomic mass is 10.0. The van der Waals surface area contributed by atoms with Crippen molar-refractivity contribution in [2.24, 2.45) is 0 Å². The van der Waals surface area contributed by atoms with Gasteiger partial charge in [0.25, 0.3) is 0 Å². The Morgan fingerprint density at radius 3 is 2.29 bits per heavy atom. The second kappa shape index (κ2) is 10.6. The number of halogens is 2. The molecule has 204 valence electrons. The van der Waals surface area contributed by atoms with Gasteiger partial charge in [-0.2, -0.15) is 0 Å². The molecule has 8 heteroatoms. The summed E-state index contributed by atoms with van der Waals surface area (Å²) in [5, 5.41) is 0.617. The van der Waals surface area contributed by atoms with Gasteiger partial charge in [-0.15, -0.1) is 0 Å². The summed E-state index contributed by atoms with van der Waals surface area (Å²) in [6.07, 6.45) is 1.81. The molecule has 0 atom stereocenters. The molecule has 1 fully saturated rings. The molecule has 1 aliphatic rings. The molecule has 0 saturated carbocycles. The Morgan fingerprint density at radius 1 is 0.829 bits per heavy atom. The van der Waals surface area contributed by atoms with Crippen LogP contribution in [0.3, 0.4) is 0 Å². The van der Waals surface area contributed by atoms with Crippen molar-refractivity contribution < 1.29 is 4.39 Å². The van der Waals surface area contributed by atoms with E-state index >= 15 is 0 Å². The monoisotopic (exact) mass is 563 g/mol. The number of H-pyrrole nitrogens is 1. The first kappa shape index (κ1) is 25.6. The van der Waals surface area contributed by atoms with Crippen LogP contribution in [0.25, 0.3) is 44.6 Å². The number of nitrogens with zero attached hydrogens (tertiary/aromatic N) is 4. The third-order valence-electron chi connectivity index (χ3n) is 7.91. The quantitative estimate of drug-likeness (QED) is 0.240. The molecule has 6 nitrogen and oxygen atoms in total. The largest absolute Gasteiger partial charge is 0.326 e. The van der Waals surface area contributed by atoms with E-state index in [0.29, 0.717) is 16.1 Å². The number of nitrogens with one attached hydrogen (secondary N) is 1. The normalized spacial score (nSPS) is 14.7. The molecule has 1 aliphatic heterocycles. The third kappa shape index (κ3) is 5.03. The van der Waals surface area contributed by atoms with Gasteiger partial charge >= 0.3 is 5.69 Å². The molecule has 7 rings (SSSR count). The highest BCUT2D eigenvalue weighted by Crippen LogP contribution is 2.32. The molecule has 3 heterocycles. The molecule has 4 aromatic carbocycles. The van der Waals surface area contributed by atoms with Crippen molar-refractivity contribution in [3.63, 3.8) is 0 Å². The van der Waals surface area contributed by atoms with Gasteiger partial charge < -0.3 is 4.98 Å². The van der Waals surface area contributed by atoms with Crippen LogP contribution in [0, 0.1) is 5.82 Å². The highest BCUT2D eigenvalue weighted by Gasteiger charge is 2.24. The molecule has 1 N–H and O–H groups in total. The Labute approximate surface area is 241 Å². The van der Waals surface area contributed by atoms with Gasteiger partial charge in [0.05, 0.1) is 33.5 Å². The minimum atomic E-state index is -0.328. The minimum Gasteiger partial charge on any atom is -0.305 e. The number of aromatic amines is 1. The van der Waals surface area contributed by atoms with Crippen molar-refractivity contribution >= 4 is 33.7 Å². The van der Waals surface area contributed by atoms with Gasteiger partial charge in [0.1, 0.15) is 5.82 Å². The molecule has 0 aliphatic carbocycles. The van der Waals surface area contributed by atoms with Crippen LogP contribution in [-0.4, -0.2) is 37.5 Å². The Kier molecular flexibility index (Phi) is 6.61. The number of imidazole rings is 1. The second-order valence-corrected chi connectivity index (χ2v) is 11.0. The summed E-state index contributed by atoms with van der Waals surface area (Å²) < 4.78 is 15.8. The summed E-state index contributed by atoms with van der Waals surface area (Å²) in [5.74, 6) is -0.328. The van der Waals surface area contributed by atoms with E-state index in [4.69, 9.17) is 21.6 Å². The number of hydrogen-bond donors (Lipinski definition) is 1. The molecule has 0 amide bonds. The minimum absolute atomic E-state index is 0.0758. The summed E-state index contributed by atoms with van der Waals surface area (Å²) in [5.41, 5.74) is 7.41. The standard InChI is InChI=1S/C33H27ClFN5O/c34-24-10-13-30-29(18-24)38-33(41)40(30)26-14-16-39(17-15-26)20-21-6-8-23(9-7-21)32-31(22-4-2-1-3-5-22)37-28-19-25(35)11-12-27(28)36-32/h1-13,18-19,26H,14-17,20H2,(H,38,41). The molecule has 1 saturated heterocycles. The van der Waals surface area contributed by atoms with Crippen LogP contribution in [0.2, 0.25) is 5.02 Å². The Morgan fingerprint density at radius 2 is 1.54 bits per heavy atom. The van der Waals surface area contributed by atoms with Gasteiger partial charge in [-0.05, 0) is 48.7 Å². The SMILES string of the molecule is O=c1[nH]c2cc(Cl)ccc2n1C1CCN(Cc2ccc(-c3nc4ccc(F)cc4nc3-c3ccccc3)cc2)CC1. The fourth-order valence-corrected chi connectivity index (χ4v) is 6.03. The lowest BCUT2D eigenvalue weighted by Crippen LogP contribution is -2.36. The lowest BCUT2D eigenvalue weighted by molar-refractivity contribution is 0.180. The van der Waals surface area contributed by atoms with Crippen molar-refractivity contribution in [2.75, 3.05) is 13.1 Å². The van der Waals surface area contributed by atoms with Crippen LogP contribution in [0.4, 0.5) is 4.39 Å². The molecule has 0 bridgehead atoms. The van der Waals surface area contributed by atoms with E-state index in [2.05, 4.69) is 34.1 Å². The van der Waals surface area contributed by atoms with E-state index in [0.717, 1.165) is 66.0 Å². The number of hydrogen-bond acceptors (Lipinski definition) is 4. The number of benzene rings is 4. The molecule has 0 unspecified atom stereocenters. The molecule has 0 radical (unpaired) electrons. The van der Waals surface area contributed by atoms with Gasteiger partial charge in [-0.3, -0.25) is 9.47 Å². The average Bonchev–Trinajstić information content (AvgIpc) is 3.32. The summed E-state index contributed by atoms with van der Waals surface area (Å²) in [4.78, 5) is 27.8. The van der Waals surface area contributed by atoms with Crippen LogP contribution >= 0.6 is 11.6 Å². The topological polar surface area (TPSA) is 66.8 Å². The number of fused-ring (bicyclic) bond motifs is 2. The van der Waals surface area contributed by atoms with E-state index in [1.54, 1.807) is 12.1 Å². The zero-order valence-corrected chi connectivity index (χ0v) is 23.0. The van der Waals surface area contributed by atoms with Crippen molar-refractivity contribution in [1.82, 2.24) is 24.4 Å². The number of rotatable bonds is 5. The van der Waals surface area contributed by atoms with E-state index < -0.39 is 0 Å². The van der Waals surface area contributed by atoms with Crippen molar-refractivity contribution in [2.45, 2.75) is 25.4 Å². The smallest absolute Gasteiger partial charge is 0.305 e. The average molecular weight is 564 g/mol. The van der Waals surface area contributed by atoms with Crippen molar-refractivity contribution in [1.29, 1.82) is 0 Å². The molecule has 6 aromatic rings. The molecular weight excluding hydrogens is 537 g/mol. The maximum absolute atomic E-state index is 13.9. The van der Waals surface area contributed by atoms with E-state index in [9.17, 15) is 9.18 Å². The fraction of sp³-hybridized carbons (Fsp3) is 0.182. The second-order valence-electron chi connectivity index (χ2n) is 10.6. The maximum atomic E-state index is 13.9. The van der Waals surface area contributed by atoms with Crippen LogP contribution in [-0.2, 0) is 6.54 Å². The first-order valence-corrected chi connectivity index (χ1v) is 14.1. The highest BCUT2D eigenvalue weighted by atomic mass is 35.5. The third-order valence-corrected chi connectivity index (χ3v) is 8.14. The van der Waals surface area contributed by atoms with Gasteiger partial charge in [0.2, 0.25) is 0 Å². The van der Waals surface area contributed by atoms with Crippen LogP contribution < -0.4 is 5.69 Å². The highest BCUT2D eigenvalue weighted by molar-refractivity contribution is 6.31. The number of aromatic nitrogens is 4. The van der Waals surface area contributed by atoms with E-state index in [-0.39, 0.29) is 17.5 Å². The van der Waals surface area contributed by atoms with Gasteiger partial charge in [-0.1, -0.05) is 66.2 Å². The molecule has 41 heavy (non-hydrogen) atoms. The maximum Gasteiger partial charge on any atom is 0.326 e. The number of likely N-dealkylation sites (tertiary alicyclic amines) is 1. The van der Waals surface area contributed by atoms with Gasteiger partial charge in [0.15, 0.2) is 0 Å². The predicted molar refractivity (Wildman–Crippen MR) is 161 cm³/mol. The van der Waals surface area contributed by atoms with Gasteiger partial charge in [-0.25, -0.2) is 19.2 Å². The zero-order valence-electron chi connectivity index (χ0n) is 22.2. The summed E-state index contributed by atoms with van der Waals surface area (Å²) in [7, 11) is 0. The first-order valence-electron chi connectivity index (χ1n) is 13.8. The summed E-state index contributed by atoms with van der Waals surface area (Å²) >= 11 is 6.11. The Bertz CT molecular complexity index is 1930. The summed E-state index contributed by atoms with van der Waals surface area (Å²) in [6, 6.07) is 28.6. The van der Waals surface area contributed by atoms with Gasteiger partial charge in [0, 0.05) is 47.9 Å².